The molecule has 0 fully saturated rings. The van der Waals surface area contributed by atoms with Gasteiger partial charge in [0.15, 0.2) is 5.16 Å². The van der Waals surface area contributed by atoms with Gasteiger partial charge in [0, 0.05) is 6.54 Å². The van der Waals surface area contributed by atoms with Crippen molar-refractivity contribution in [3.8, 4) is 21.1 Å². The molecule has 0 bridgehead atoms. The van der Waals surface area contributed by atoms with Gasteiger partial charge in [0.25, 0.3) is 0 Å². The number of carbonyl (C=O) groups excluding carboxylic acids is 1. The van der Waals surface area contributed by atoms with Crippen LogP contribution in [0, 0.1) is 0 Å². The first kappa shape index (κ1) is 17.0. The van der Waals surface area contributed by atoms with Crippen molar-refractivity contribution in [1.29, 1.82) is 0 Å². The van der Waals surface area contributed by atoms with Crippen molar-refractivity contribution in [2.24, 2.45) is 0 Å². The van der Waals surface area contributed by atoms with E-state index < -0.39 is 0 Å². The number of aromatic nitrogens is 2. The molecule has 1 amide bonds. The molecule has 3 heterocycles. The first-order valence-electron chi connectivity index (χ1n) is 7.42. The fourth-order valence-corrected chi connectivity index (χ4v) is 4.41. The molecule has 0 aliphatic rings. The minimum Gasteiger partial charge on any atom is -0.352 e. The average Bonchev–Trinajstić information content (AvgIpc) is 3.31. The number of thioether (sulfide) groups is 1. The summed E-state index contributed by atoms with van der Waals surface area (Å²) in [6, 6.07) is 8.18. The highest BCUT2D eigenvalue weighted by atomic mass is 32.2. The molecule has 4 nitrogen and oxygen atoms in total. The van der Waals surface area contributed by atoms with E-state index >= 15 is 0 Å². The lowest BCUT2D eigenvalue weighted by atomic mass is 10.2. The highest BCUT2D eigenvalue weighted by Gasteiger charge is 2.20. The summed E-state index contributed by atoms with van der Waals surface area (Å²) in [4.78, 5) is 22.4. The third-order valence-electron chi connectivity index (χ3n) is 3.28. The normalized spacial score (nSPS) is 12.0. The Balaban J connectivity index is 1.86. The van der Waals surface area contributed by atoms with E-state index in [4.69, 9.17) is 4.98 Å². The Bertz CT molecular complexity index is 755. The second-order valence-electron chi connectivity index (χ2n) is 5.01. The number of thiophene rings is 2. The van der Waals surface area contributed by atoms with Gasteiger partial charge in [-0.15, -0.1) is 29.3 Å². The predicted molar refractivity (Wildman–Crippen MR) is 104 cm³/mol. The van der Waals surface area contributed by atoms with Crippen molar-refractivity contribution < 1.29 is 4.79 Å². The van der Waals surface area contributed by atoms with Gasteiger partial charge in [-0.3, -0.25) is 4.79 Å². The maximum absolute atomic E-state index is 12.0. The molecular formula is C17H17N3OS3. The number of nitrogens with zero attached hydrogens (tertiary/aromatic N) is 1. The summed E-state index contributed by atoms with van der Waals surface area (Å²) < 4.78 is 0. The highest BCUT2D eigenvalue weighted by Crippen LogP contribution is 2.37. The Morgan fingerprint density at radius 3 is 2.71 bits per heavy atom. The van der Waals surface area contributed by atoms with Crippen LogP contribution < -0.4 is 5.32 Å². The maximum atomic E-state index is 12.0. The molecule has 0 saturated carbocycles. The van der Waals surface area contributed by atoms with Gasteiger partial charge < -0.3 is 10.3 Å². The van der Waals surface area contributed by atoms with E-state index in [9.17, 15) is 4.79 Å². The summed E-state index contributed by atoms with van der Waals surface area (Å²) in [6.07, 6.45) is 1.67. The van der Waals surface area contributed by atoms with Crippen molar-refractivity contribution >= 4 is 40.3 Å². The summed E-state index contributed by atoms with van der Waals surface area (Å²) in [5, 5.41) is 7.42. The zero-order valence-electron chi connectivity index (χ0n) is 13.1. The summed E-state index contributed by atoms with van der Waals surface area (Å²) in [7, 11) is 0. The Morgan fingerprint density at radius 2 is 2.08 bits per heavy atom. The zero-order valence-corrected chi connectivity index (χ0v) is 15.6. The fraction of sp³-hybridized carbons (Fsp3) is 0.176. The number of amides is 1. The van der Waals surface area contributed by atoms with Crippen LogP contribution in [0.25, 0.3) is 21.1 Å². The minimum atomic E-state index is -0.233. The van der Waals surface area contributed by atoms with Gasteiger partial charge in [0.1, 0.15) is 5.69 Å². The molecule has 24 heavy (non-hydrogen) atoms. The minimum absolute atomic E-state index is 0.0216. The third kappa shape index (κ3) is 3.80. The molecule has 0 spiro atoms. The molecule has 3 rings (SSSR count). The molecule has 0 aliphatic heterocycles. The number of carbonyl (C=O) groups is 1. The molecule has 3 aromatic heterocycles. The monoisotopic (exact) mass is 375 g/mol. The lowest BCUT2D eigenvalue weighted by molar-refractivity contribution is -0.120. The largest absolute Gasteiger partial charge is 0.352 e. The lowest BCUT2D eigenvalue weighted by Gasteiger charge is -2.08. The van der Waals surface area contributed by atoms with Crippen LogP contribution in [0.5, 0.6) is 0 Å². The van der Waals surface area contributed by atoms with E-state index in [0.29, 0.717) is 6.54 Å². The van der Waals surface area contributed by atoms with E-state index in [-0.39, 0.29) is 11.2 Å². The van der Waals surface area contributed by atoms with Gasteiger partial charge in [-0.05, 0) is 29.8 Å². The van der Waals surface area contributed by atoms with Gasteiger partial charge in [-0.25, -0.2) is 4.98 Å². The number of imidazole rings is 1. The molecule has 1 atom stereocenters. The highest BCUT2D eigenvalue weighted by molar-refractivity contribution is 8.00. The van der Waals surface area contributed by atoms with E-state index in [1.54, 1.807) is 28.7 Å². The van der Waals surface area contributed by atoms with Crippen molar-refractivity contribution in [1.82, 2.24) is 15.3 Å². The van der Waals surface area contributed by atoms with Crippen LogP contribution in [-0.2, 0) is 4.79 Å². The average molecular weight is 376 g/mol. The molecule has 0 saturated heterocycles. The van der Waals surface area contributed by atoms with Crippen molar-refractivity contribution in [2.45, 2.75) is 17.3 Å². The Labute approximate surface area is 153 Å². The van der Waals surface area contributed by atoms with Crippen LogP contribution in [0.4, 0.5) is 0 Å². The molecule has 0 radical (unpaired) electrons. The van der Waals surface area contributed by atoms with Gasteiger partial charge in [0.05, 0.1) is 20.7 Å². The quantitative estimate of drug-likeness (QED) is 0.467. The molecular weight excluding hydrogens is 358 g/mol. The molecule has 7 heteroatoms. The van der Waals surface area contributed by atoms with Crippen LogP contribution in [-0.4, -0.2) is 27.7 Å². The van der Waals surface area contributed by atoms with Crippen LogP contribution in [0.3, 0.4) is 0 Å². The number of rotatable bonds is 7. The topological polar surface area (TPSA) is 57.8 Å². The van der Waals surface area contributed by atoms with Gasteiger partial charge in [-0.2, -0.15) is 0 Å². The fourth-order valence-electron chi connectivity index (χ4n) is 2.14. The second-order valence-corrected chi connectivity index (χ2v) is 8.24. The van der Waals surface area contributed by atoms with Crippen molar-refractivity contribution in [2.75, 3.05) is 6.54 Å². The number of aromatic amines is 1. The Kier molecular flexibility index (Phi) is 5.55. The van der Waals surface area contributed by atoms with Crippen LogP contribution >= 0.6 is 34.4 Å². The second kappa shape index (κ2) is 7.83. The van der Waals surface area contributed by atoms with E-state index in [2.05, 4.69) is 29.0 Å². The predicted octanol–water partition coefficient (Wildman–Crippen LogP) is 4.65. The molecule has 2 N–H and O–H groups in total. The standard InChI is InChI=1S/C17H17N3OS3/c1-3-8-18-16(21)11(2)24-17-19-14(12-6-4-9-22-12)15(20-17)13-7-5-10-23-13/h3-7,9-11H,1,8H2,2H3,(H,18,21)(H,19,20). The van der Waals surface area contributed by atoms with Gasteiger partial charge in [0.2, 0.25) is 5.91 Å². The maximum Gasteiger partial charge on any atom is 0.233 e. The number of nitrogens with one attached hydrogen (secondary N) is 2. The summed E-state index contributed by atoms with van der Waals surface area (Å²) >= 11 is 4.76. The summed E-state index contributed by atoms with van der Waals surface area (Å²) in [5.41, 5.74) is 1.95. The third-order valence-corrected chi connectivity index (χ3v) is 6.03. The van der Waals surface area contributed by atoms with Crippen LogP contribution in [0.1, 0.15) is 6.92 Å². The Hall–Kier alpha value is -1.83. The first-order valence-corrected chi connectivity index (χ1v) is 10.1. The van der Waals surface area contributed by atoms with Crippen molar-refractivity contribution in [3.63, 3.8) is 0 Å². The zero-order chi connectivity index (χ0) is 16.9. The summed E-state index contributed by atoms with van der Waals surface area (Å²) in [6.45, 7) is 5.96. The lowest BCUT2D eigenvalue weighted by Crippen LogP contribution is -2.30. The Morgan fingerprint density at radius 1 is 1.38 bits per heavy atom. The number of H-pyrrole nitrogens is 1. The number of hydrogen-bond donors (Lipinski definition) is 2. The molecule has 3 aromatic rings. The van der Waals surface area contributed by atoms with Gasteiger partial charge in [-0.1, -0.05) is 30.0 Å². The molecule has 0 aromatic carbocycles. The van der Waals surface area contributed by atoms with Crippen LogP contribution in [0.15, 0.2) is 52.8 Å². The SMILES string of the molecule is C=CCNC(=O)C(C)Sc1nc(-c2cccs2)c(-c2cccs2)[nH]1. The molecule has 0 aliphatic carbocycles. The number of hydrogen-bond acceptors (Lipinski definition) is 5. The van der Waals surface area contributed by atoms with Gasteiger partial charge >= 0.3 is 0 Å². The van der Waals surface area contributed by atoms with E-state index in [1.165, 1.54) is 11.8 Å². The van der Waals surface area contributed by atoms with E-state index in [1.807, 2.05) is 29.8 Å². The van der Waals surface area contributed by atoms with Crippen molar-refractivity contribution in [3.05, 3.63) is 47.7 Å². The summed E-state index contributed by atoms with van der Waals surface area (Å²) in [5.74, 6) is -0.0216. The smallest absolute Gasteiger partial charge is 0.233 e. The van der Waals surface area contributed by atoms with E-state index in [0.717, 1.165) is 26.3 Å². The molecule has 1 unspecified atom stereocenters. The first-order chi connectivity index (χ1) is 11.7. The van der Waals surface area contributed by atoms with Crippen LogP contribution in [0.2, 0.25) is 0 Å². The molecule has 124 valence electrons.